The topological polar surface area (TPSA) is 0 Å². The lowest BCUT2D eigenvalue weighted by Gasteiger charge is -2.00. The van der Waals surface area contributed by atoms with E-state index in [1.165, 1.54) is 70.6 Å². The van der Waals surface area contributed by atoms with Crippen molar-refractivity contribution in [3.8, 4) is 0 Å². The third-order valence-corrected chi connectivity index (χ3v) is 3.39. The molecule has 0 atom stereocenters. The fourth-order valence-corrected chi connectivity index (χ4v) is 2.12. The van der Waals surface area contributed by atoms with Crippen molar-refractivity contribution in [2.24, 2.45) is 5.92 Å². The molecule has 0 aliphatic heterocycles. The second kappa shape index (κ2) is 15.5. The van der Waals surface area contributed by atoms with Gasteiger partial charge in [-0.2, -0.15) is 0 Å². The molecule has 0 fully saturated rings. The zero-order valence-electron chi connectivity index (χ0n) is 13.7. The molecule has 0 radical (unpaired) electrons. The largest absolute Gasteiger partial charge is 0.0885 e. The van der Waals surface area contributed by atoms with Crippen LogP contribution in [0.5, 0.6) is 0 Å². The average Bonchev–Trinajstić information content (AvgIpc) is 2.39. The molecule has 0 aromatic carbocycles. The molecule has 19 heavy (non-hydrogen) atoms. The van der Waals surface area contributed by atoms with Crippen molar-refractivity contribution in [2.75, 3.05) is 0 Å². The van der Waals surface area contributed by atoms with Gasteiger partial charge in [-0.25, -0.2) is 0 Å². The molecule has 0 aliphatic carbocycles. The average molecular weight is 264 g/mol. The SMILES string of the molecule is CCC/C=C/CCCCCCCC/C=C/CC(C)C. The summed E-state index contributed by atoms with van der Waals surface area (Å²) in [6.07, 6.45) is 24.2. The van der Waals surface area contributed by atoms with Gasteiger partial charge in [0, 0.05) is 0 Å². The maximum Gasteiger partial charge on any atom is -0.0327 e. The summed E-state index contributed by atoms with van der Waals surface area (Å²) in [4.78, 5) is 0. The number of unbranched alkanes of at least 4 members (excludes halogenated alkanes) is 8. The van der Waals surface area contributed by atoms with E-state index in [4.69, 9.17) is 0 Å². The fraction of sp³-hybridized carbons (Fsp3) is 0.789. The van der Waals surface area contributed by atoms with Crippen LogP contribution < -0.4 is 0 Å². The van der Waals surface area contributed by atoms with E-state index in [0.717, 1.165) is 5.92 Å². The lowest BCUT2D eigenvalue weighted by atomic mass is 10.1. The highest BCUT2D eigenvalue weighted by molar-refractivity contribution is 4.82. The number of rotatable bonds is 13. The quantitative estimate of drug-likeness (QED) is 0.246. The van der Waals surface area contributed by atoms with Gasteiger partial charge >= 0.3 is 0 Å². The molecule has 0 nitrogen and oxygen atoms in total. The van der Waals surface area contributed by atoms with Gasteiger partial charge in [0.15, 0.2) is 0 Å². The molecule has 0 rings (SSSR count). The highest BCUT2D eigenvalue weighted by Gasteiger charge is 1.90. The number of hydrogen-bond acceptors (Lipinski definition) is 0. The molecule has 0 aromatic rings. The van der Waals surface area contributed by atoms with Crippen LogP contribution in [-0.2, 0) is 0 Å². The van der Waals surface area contributed by atoms with Crippen LogP contribution in [0.3, 0.4) is 0 Å². The summed E-state index contributed by atoms with van der Waals surface area (Å²) >= 11 is 0. The molecule has 0 bridgehead atoms. The van der Waals surface area contributed by atoms with Crippen molar-refractivity contribution >= 4 is 0 Å². The highest BCUT2D eigenvalue weighted by Crippen LogP contribution is 2.10. The summed E-state index contributed by atoms with van der Waals surface area (Å²) < 4.78 is 0. The van der Waals surface area contributed by atoms with E-state index in [0.29, 0.717) is 0 Å². The van der Waals surface area contributed by atoms with Gasteiger partial charge in [0.1, 0.15) is 0 Å². The van der Waals surface area contributed by atoms with E-state index in [9.17, 15) is 0 Å². The Balaban J connectivity index is 3.08. The summed E-state index contributed by atoms with van der Waals surface area (Å²) in [5.74, 6) is 0.808. The Morgan fingerprint density at radius 1 is 0.632 bits per heavy atom. The van der Waals surface area contributed by atoms with Crippen molar-refractivity contribution in [3.63, 3.8) is 0 Å². The number of hydrogen-bond donors (Lipinski definition) is 0. The van der Waals surface area contributed by atoms with Gasteiger partial charge in [-0.15, -0.1) is 0 Å². The first-order valence-corrected chi connectivity index (χ1v) is 8.57. The van der Waals surface area contributed by atoms with Crippen LogP contribution in [0, 0.1) is 5.92 Å². The van der Waals surface area contributed by atoms with E-state index in [-0.39, 0.29) is 0 Å². The monoisotopic (exact) mass is 264 g/mol. The summed E-state index contributed by atoms with van der Waals surface area (Å²) in [5, 5.41) is 0. The normalized spacial score (nSPS) is 12.2. The molecule has 0 saturated carbocycles. The fourth-order valence-electron chi connectivity index (χ4n) is 2.12. The van der Waals surface area contributed by atoms with Gasteiger partial charge in [0.2, 0.25) is 0 Å². The molecule has 0 aliphatic rings. The first-order chi connectivity index (χ1) is 9.27. The molecule has 0 heterocycles. The van der Waals surface area contributed by atoms with Crippen LogP contribution in [0.25, 0.3) is 0 Å². The maximum absolute atomic E-state index is 2.37. The Morgan fingerprint density at radius 3 is 1.63 bits per heavy atom. The van der Waals surface area contributed by atoms with Gasteiger partial charge in [-0.3, -0.25) is 0 Å². The predicted molar refractivity (Wildman–Crippen MR) is 89.6 cm³/mol. The predicted octanol–water partition coefficient (Wildman–Crippen LogP) is 7.07. The lowest BCUT2D eigenvalue weighted by Crippen LogP contribution is -1.82. The Bertz CT molecular complexity index is 210. The zero-order valence-corrected chi connectivity index (χ0v) is 13.7. The van der Waals surface area contributed by atoms with Crippen LogP contribution in [0.4, 0.5) is 0 Å². The summed E-state index contributed by atoms with van der Waals surface area (Å²) in [6.45, 7) is 6.80. The third-order valence-electron chi connectivity index (χ3n) is 3.39. The van der Waals surface area contributed by atoms with Crippen LogP contribution in [0.1, 0.15) is 91.4 Å². The smallest absolute Gasteiger partial charge is 0.0327 e. The maximum atomic E-state index is 2.37. The molecule has 0 unspecified atom stereocenters. The van der Waals surface area contributed by atoms with E-state index in [1.54, 1.807) is 0 Å². The molecule has 0 spiro atoms. The lowest BCUT2D eigenvalue weighted by molar-refractivity contribution is 0.598. The van der Waals surface area contributed by atoms with Crippen LogP contribution >= 0.6 is 0 Å². The van der Waals surface area contributed by atoms with E-state index < -0.39 is 0 Å². The standard InChI is InChI=1S/C19H36/c1-4-5-6-7-8-9-10-11-12-13-14-15-16-17-18-19(2)3/h6-7,16-17,19H,4-5,8-15,18H2,1-3H3/b7-6+,17-16+. The molecule has 0 amide bonds. The highest BCUT2D eigenvalue weighted by atomic mass is 14.0. The van der Waals surface area contributed by atoms with Crippen LogP contribution in [-0.4, -0.2) is 0 Å². The van der Waals surface area contributed by atoms with Crippen molar-refractivity contribution in [3.05, 3.63) is 24.3 Å². The van der Waals surface area contributed by atoms with Crippen molar-refractivity contribution in [1.29, 1.82) is 0 Å². The zero-order chi connectivity index (χ0) is 14.2. The van der Waals surface area contributed by atoms with Crippen molar-refractivity contribution in [1.82, 2.24) is 0 Å². The second-order valence-corrected chi connectivity index (χ2v) is 6.06. The van der Waals surface area contributed by atoms with Gasteiger partial charge < -0.3 is 0 Å². The van der Waals surface area contributed by atoms with Crippen LogP contribution in [0.2, 0.25) is 0 Å². The molecule has 0 N–H and O–H groups in total. The van der Waals surface area contributed by atoms with Gasteiger partial charge in [0.05, 0.1) is 0 Å². The van der Waals surface area contributed by atoms with Gasteiger partial charge in [-0.1, -0.05) is 77.2 Å². The minimum Gasteiger partial charge on any atom is -0.0885 e. The Kier molecular flexibility index (Phi) is 15.1. The Labute approximate surface area is 122 Å². The van der Waals surface area contributed by atoms with Gasteiger partial charge in [0.25, 0.3) is 0 Å². The van der Waals surface area contributed by atoms with Crippen molar-refractivity contribution in [2.45, 2.75) is 91.4 Å². The Hall–Kier alpha value is -0.520. The molecule has 0 heteroatoms. The first-order valence-electron chi connectivity index (χ1n) is 8.57. The third kappa shape index (κ3) is 17.5. The molecular formula is C19H36. The second-order valence-electron chi connectivity index (χ2n) is 6.06. The number of allylic oxidation sites excluding steroid dienone is 4. The van der Waals surface area contributed by atoms with Crippen LogP contribution in [0.15, 0.2) is 24.3 Å². The van der Waals surface area contributed by atoms with E-state index in [2.05, 4.69) is 45.1 Å². The molecule has 0 aromatic heterocycles. The van der Waals surface area contributed by atoms with Gasteiger partial charge in [-0.05, 0) is 44.4 Å². The molecular weight excluding hydrogens is 228 g/mol. The summed E-state index contributed by atoms with van der Waals surface area (Å²) in [6, 6.07) is 0. The molecule has 112 valence electrons. The first kappa shape index (κ1) is 18.5. The minimum absolute atomic E-state index is 0.808. The molecule has 0 saturated heterocycles. The van der Waals surface area contributed by atoms with E-state index in [1.807, 2.05) is 0 Å². The summed E-state index contributed by atoms with van der Waals surface area (Å²) in [5.41, 5.74) is 0. The summed E-state index contributed by atoms with van der Waals surface area (Å²) in [7, 11) is 0. The van der Waals surface area contributed by atoms with E-state index >= 15 is 0 Å². The Morgan fingerprint density at radius 2 is 1.11 bits per heavy atom. The minimum atomic E-state index is 0.808. The van der Waals surface area contributed by atoms with Crippen molar-refractivity contribution < 1.29 is 0 Å².